The van der Waals surface area contributed by atoms with Crippen molar-refractivity contribution >= 4 is 55.1 Å². The molecular formula is C30H35BrClN3O4S. The third kappa shape index (κ3) is 9.08. The van der Waals surface area contributed by atoms with Crippen molar-refractivity contribution in [2.24, 2.45) is 5.92 Å². The molecule has 0 fully saturated rings. The summed E-state index contributed by atoms with van der Waals surface area (Å²) in [4.78, 5) is 29.2. The first-order chi connectivity index (χ1) is 18.8. The van der Waals surface area contributed by atoms with Crippen LogP contribution < -0.4 is 9.62 Å². The van der Waals surface area contributed by atoms with Gasteiger partial charge in [-0.05, 0) is 59.9 Å². The number of hydrogen-bond acceptors (Lipinski definition) is 4. The average Bonchev–Trinajstić information content (AvgIpc) is 2.90. The number of aryl methyl sites for hydroxylation is 1. The summed E-state index contributed by atoms with van der Waals surface area (Å²) in [6.45, 7) is 5.91. The molecule has 1 atom stereocenters. The third-order valence-electron chi connectivity index (χ3n) is 6.33. The first kappa shape index (κ1) is 31.6. The van der Waals surface area contributed by atoms with E-state index < -0.39 is 28.5 Å². The molecule has 3 aromatic carbocycles. The highest BCUT2D eigenvalue weighted by molar-refractivity contribution is 9.10. The van der Waals surface area contributed by atoms with Gasteiger partial charge in [-0.15, -0.1) is 0 Å². The molecule has 0 aliphatic carbocycles. The van der Waals surface area contributed by atoms with Gasteiger partial charge in [0.15, 0.2) is 0 Å². The molecule has 214 valence electrons. The molecule has 1 unspecified atom stereocenters. The summed E-state index contributed by atoms with van der Waals surface area (Å²) in [7, 11) is -3.83. The molecule has 3 aromatic rings. The quantitative estimate of drug-likeness (QED) is 0.278. The van der Waals surface area contributed by atoms with Gasteiger partial charge >= 0.3 is 0 Å². The van der Waals surface area contributed by atoms with Gasteiger partial charge in [-0.25, -0.2) is 8.42 Å². The predicted molar refractivity (Wildman–Crippen MR) is 165 cm³/mol. The van der Waals surface area contributed by atoms with Gasteiger partial charge < -0.3 is 10.2 Å². The Labute approximate surface area is 250 Å². The molecule has 0 radical (unpaired) electrons. The molecule has 0 saturated carbocycles. The zero-order chi connectivity index (χ0) is 29.4. The van der Waals surface area contributed by atoms with Crippen molar-refractivity contribution in [1.82, 2.24) is 10.2 Å². The number of nitrogens with one attached hydrogen (secondary N) is 1. The minimum Gasteiger partial charge on any atom is -0.354 e. The van der Waals surface area contributed by atoms with Gasteiger partial charge in [0.2, 0.25) is 21.8 Å². The molecule has 3 rings (SSSR count). The number of benzene rings is 3. The predicted octanol–water partition coefficient (Wildman–Crippen LogP) is 5.59. The molecule has 0 saturated heterocycles. The molecule has 0 bridgehead atoms. The van der Waals surface area contributed by atoms with Crippen LogP contribution in [0.4, 0.5) is 5.69 Å². The average molecular weight is 649 g/mol. The fourth-order valence-corrected chi connectivity index (χ4v) is 5.37. The largest absolute Gasteiger partial charge is 0.354 e. The SMILES string of the molecule is Cc1cc(N(CC(=O)N(Cc2ccc(Cl)cc2)C(Cc2ccccc2)C(=O)NCC(C)C)S(C)(=O)=O)ccc1Br. The number of carbonyl (C=O) groups is 2. The normalized spacial score (nSPS) is 12.2. The second-order valence-electron chi connectivity index (χ2n) is 10.2. The molecule has 0 aliphatic rings. The Bertz CT molecular complexity index is 1420. The maximum absolute atomic E-state index is 14.1. The number of rotatable bonds is 12. The lowest BCUT2D eigenvalue weighted by molar-refractivity contribution is -0.140. The molecular weight excluding hydrogens is 614 g/mol. The molecule has 7 nitrogen and oxygen atoms in total. The number of hydrogen-bond donors (Lipinski definition) is 1. The van der Waals surface area contributed by atoms with Gasteiger partial charge in [-0.3, -0.25) is 13.9 Å². The minimum atomic E-state index is -3.83. The Hall–Kier alpha value is -2.88. The van der Waals surface area contributed by atoms with E-state index in [0.717, 1.165) is 31.7 Å². The molecule has 0 aliphatic heterocycles. The molecule has 10 heteroatoms. The van der Waals surface area contributed by atoms with Crippen LogP contribution in [0.15, 0.2) is 77.3 Å². The van der Waals surface area contributed by atoms with Gasteiger partial charge in [-0.1, -0.05) is 83.8 Å². The summed E-state index contributed by atoms with van der Waals surface area (Å²) >= 11 is 9.53. The van der Waals surface area contributed by atoms with Gasteiger partial charge in [0.25, 0.3) is 0 Å². The van der Waals surface area contributed by atoms with Crippen LogP contribution in [0.3, 0.4) is 0 Å². The summed E-state index contributed by atoms with van der Waals surface area (Å²) in [6.07, 6.45) is 1.33. The van der Waals surface area contributed by atoms with Crippen molar-refractivity contribution in [1.29, 1.82) is 0 Å². The van der Waals surface area contributed by atoms with Crippen LogP contribution >= 0.6 is 27.5 Å². The number of halogens is 2. The maximum atomic E-state index is 14.1. The molecule has 0 aromatic heterocycles. The highest BCUT2D eigenvalue weighted by Crippen LogP contribution is 2.25. The second-order valence-corrected chi connectivity index (χ2v) is 13.4. The van der Waals surface area contributed by atoms with E-state index in [1.807, 2.05) is 51.1 Å². The van der Waals surface area contributed by atoms with Crippen LogP contribution in [0, 0.1) is 12.8 Å². The zero-order valence-corrected chi connectivity index (χ0v) is 26.3. The van der Waals surface area contributed by atoms with E-state index in [1.165, 1.54) is 4.90 Å². The molecule has 0 heterocycles. The minimum absolute atomic E-state index is 0.0968. The Morgan fingerprint density at radius 2 is 1.62 bits per heavy atom. The third-order valence-corrected chi connectivity index (χ3v) is 8.61. The number of carbonyl (C=O) groups excluding carboxylic acids is 2. The lowest BCUT2D eigenvalue weighted by Gasteiger charge is -2.33. The highest BCUT2D eigenvalue weighted by Gasteiger charge is 2.33. The second kappa shape index (κ2) is 14.1. The number of amides is 2. The van der Waals surface area contributed by atoms with E-state index in [1.54, 1.807) is 42.5 Å². The standard InChI is InChI=1S/C30H35BrClN3O4S/c1-21(2)18-33-30(37)28(17-23-8-6-5-7-9-23)34(19-24-10-12-25(32)13-11-24)29(36)20-35(40(4,38)39)26-14-15-27(31)22(3)16-26/h5-16,21,28H,17-20H2,1-4H3,(H,33,37). The van der Waals surface area contributed by atoms with Gasteiger partial charge in [0.05, 0.1) is 11.9 Å². The Kier molecular flexibility index (Phi) is 11.2. The van der Waals surface area contributed by atoms with Crippen molar-refractivity contribution in [3.63, 3.8) is 0 Å². The summed E-state index contributed by atoms with van der Waals surface area (Å²) in [5, 5.41) is 3.52. The van der Waals surface area contributed by atoms with Crippen LogP contribution in [-0.4, -0.2) is 50.5 Å². The lowest BCUT2D eigenvalue weighted by atomic mass is 10.0. The summed E-state index contributed by atoms with van der Waals surface area (Å²) in [6, 6.07) is 20.7. The zero-order valence-electron chi connectivity index (χ0n) is 23.1. The van der Waals surface area contributed by atoms with Crippen LogP contribution in [0.5, 0.6) is 0 Å². The van der Waals surface area contributed by atoms with Crippen molar-refractivity contribution in [2.45, 2.75) is 39.8 Å². The van der Waals surface area contributed by atoms with E-state index in [9.17, 15) is 18.0 Å². The molecule has 1 N–H and O–H groups in total. The number of sulfonamides is 1. The van der Waals surface area contributed by atoms with Crippen molar-refractivity contribution < 1.29 is 18.0 Å². The van der Waals surface area contributed by atoms with Crippen LogP contribution in [0.2, 0.25) is 5.02 Å². The first-order valence-electron chi connectivity index (χ1n) is 12.9. The molecule has 2 amide bonds. The fourth-order valence-electron chi connectivity index (χ4n) is 4.16. The summed E-state index contributed by atoms with van der Waals surface area (Å²) in [5.74, 6) is -0.588. The van der Waals surface area contributed by atoms with E-state index in [-0.39, 0.29) is 24.8 Å². The Morgan fingerprint density at radius 3 is 2.20 bits per heavy atom. The van der Waals surface area contributed by atoms with Crippen molar-refractivity contribution in [3.05, 3.63) is 99.0 Å². The summed E-state index contributed by atoms with van der Waals surface area (Å²) in [5.41, 5.74) is 2.83. The van der Waals surface area contributed by atoms with Gasteiger partial charge in [-0.2, -0.15) is 0 Å². The molecule has 0 spiro atoms. The van der Waals surface area contributed by atoms with E-state index in [0.29, 0.717) is 17.3 Å². The number of nitrogens with zero attached hydrogens (tertiary/aromatic N) is 2. The van der Waals surface area contributed by atoms with E-state index in [2.05, 4.69) is 21.2 Å². The smallest absolute Gasteiger partial charge is 0.244 e. The van der Waals surface area contributed by atoms with Crippen molar-refractivity contribution in [2.75, 3.05) is 23.7 Å². The maximum Gasteiger partial charge on any atom is 0.244 e. The van der Waals surface area contributed by atoms with Gasteiger partial charge in [0.1, 0.15) is 12.6 Å². The summed E-state index contributed by atoms with van der Waals surface area (Å²) < 4.78 is 27.7. The van der Waals surface area contributed by atoms with E-state index >= 15 is 0 Å². The van der Waals surface area contributed by atoms with Crippen LogP contribution in [-0.2, 0) is 32.6 Å². The Morgan fingerprint density at radius 1 is 0.975 bits per heavy atom. The van der Waals surface area contributed by atoms with Gasteiger partial charge in [0, 0.05) is 29.0 Å². The van der Waals surface area contributed by atoms with Crippen molar-refractivity contribution in [3.8, 4) is 0 Å². The number of anilines is 1. The van der Waals surface area contributed by atoms with E-state index in [4.69, 9.17) is 11.6 Å². The molecule has 40 heavy (non-hydrogen) atoms. The monoisotopic (exact) mass is 647 g/mol. The lowest BCUT2D eigenvalue weighted by Crippen LogP contribution is -2.53. The van der Waals surface area contributed by atoms with Crippen LogP contribution in [0.25, 0.3) is 0 Å². The topological polar surface area (TPSA) is 86.8 Å². The first-order valence-corrected chi connectivity index (χ1v) is 16.0. The fraction of sp³-hybridized carbons (Fsp3) is 0.333. The Balaban J connectivity index is 2.05. The van der Waals surface area contributed by atoms with Crippen LogP contribution in [0.1, 0.15) is 30.5 Å². The highest BCUT2D eigenvalue weighted by atomic mass is 79.9.